The Labute approximate surface area is 142 Å². The van der Waals surface area contributed by atoms with Crippen LogP contribution in [-0.4, -0.2) is 35.2 Å². The molecule has 1 atom stereocenters. The van der Waals surface area contributed by atoms with Gasteiger partial charge in [0, 0.05) is 5.56 Å². The Bertz CT molecular complexity index is 669. The van der Waals surface area contributed by atoms with E-state index in [0.29, 0.717) is 12.1 Å². The van der Waals surface area contributed by atoms with Crippen molar-refractivity contribution in [1.29, 1.82) is 0 Å². The summed E-state index contributed by atoms with van der Waals surface area (Å²) in [6, 6.07) is 18.4. The molecule has 0 bridgehead atoms. The van der Waals surface area contributed by atoms with Gasteiger partial charge in [0.1, 0.15) is 0 Å². The second kappa shape index (κ2) is 9.45. The van der Waals surface area contributed by atoms with Crippen LogP contribution in [0.4, 0.5) is 0 Å². The topological polar surface area (TPSA) is 52.6 Å². The van der Waals surface area contributed by atoms with Gasteiger partial charge in [-0.2, -0.15) is 0 Å². The van der Waals surface area contributed by atoms with E-state index in [1.807, 2.05) is 60.7 Å². The predicted octanol–water partition coefficient (Wildman–Crippen LogP) is 2.89. The molecule has 0 saturated heterocycles. The van der Waals surface area contributed by atoms with Gasteiger partial charge in [-0.1, -0.05) is 66.8 Å². The van der Waals surface area contributed by atoms with E-state index in [0.717, 1.165) is 5.56 Å². The van der Waals surface area contributed by atoms with Gasteiger partial charge in [-0.3, -0.25) is 9.80 Å². The molecule has 24 heavy (non-hydrogen) atoms. The molecule has 2 N–H and O–H groups in total. The number of hydrogen-bond acceptors (Lipinski definition) is 3. The molecule has 2 rings (SSSR count). The third kappa shape index (κ3) is 5.19. The van der Waals surface area contributed by atoms with E-state index in [-0.39, 0.29) is 18.6 Å². The van der Waals surface area contributed by atoms with E-state index in [2.05, 4.69) is 12.0 Å². The third-order valence-corrected chi connectivity index (χ3v) is 3.42. The highest BCUT2D eigenvalue weighted by Crippen LogP contribution is 2.06. The lowest BCUT2D eigenvalue weighted by molar-refractivity contribution is 0.0638. The van der Waals surface area contributed by atoms with Crippen LogP contribution >= 0.6 is 0 Å². The fourth-order valence-corrected chi connectivity index (χ4v) is 2.20. The standard InChI is InChI=1S/C20H22N2O2/c1-2-15-22(20(24)18-11-7-4-8-12-18)21-19(16-23)14-13-17-9-5-3-6-10-17/h2-14,19,21,23H,1,15-16H2/b14-13+. The minimum atomic E-state index is -0.377. The molecule has 0 spiro atoms. The number of amides is 1. The number of hydrazine groups is 1. The van der Waals surface area contributed by atoms with Crippen molar-refractivity contribution in [2.45, 2.75) is 6.04 Å². The lowest BCUT2D eigenvalue weighted by Gasteiger charge is -2.26. The Kier molecular flexibility index (Phi) is 6.95. The van der Waals surface area contributed by atoms with E-state index in [4.69, 9.17) is 0 Å². The van der Waals surface area contributed by atoms with Crippen LogP contribution in [0, 0.1) is 0 Å². The van der Waals surface area contributed by atoms with Gasteiger partial charge in [-0.25, -0.2) is 5.43 Å². The van der Waals surface area contributed by atoms with E-state index in [9.17, 15) is 9.90 Å². The smallest absolute Gasteiger partial charge is 0.268 e. The number of aliphatic hydroxyl groups is 1. The SMILES string of the molecule is C=CCN(NC(/C=C/c1ccccc1)CO)C(=O)c1ccccc1. The van der Waals surface area contributed by atoms with Crippen molar-refractivity contribution in [3.8, 4) is 0 Å². The molecule has 1 unspecified atom stereocenters. The first-order valence-corrected chi connectivity index (χ1v) is 7.82. The van der Waals surface area contributed by atoms with Crippen LogP contribution in [0.1, 0.15) is 15.9 Å². The summed E-state index contributed by atoms with van der Waals surface area (Å²) in [7, 11) is 0. The maximum atomic E-state index is 12.6. The molecule has 0 saturated carbocycles. The first-order chi connectivity index (χ1) is 11.7. The van der Waals surface area contributed by atoms with Crippen molar-refractivity contribution in [3.05, 3.63) is 90.5 Å². The normalized spacial score (nSPS) is 12.0. The number of nitrogens with one attached hydrogen (secondary N) is 1. The molecule has 2 aromatic rings. The second-order valence-corrected chi connectivity index (χ2v) is 5.26. The summed E-state index contributed by atoms with van der Waals surface area (Å²) in [5.74, 6) is -0.165. The third-order valence-electron chi connectivity index (χ3n) is 3.42. The first kappa shape index (κ1) is 17.7. The summed E-state index contributed by atoms with van der Waals surface area (Å²) >= 11 is 0. The highest BCUT2D eigenvalue weighted by atomic mass is 16.3. The van der Waals surface area contributed by atoms with Crippen molar-refractivity contribution in [1.82, 2.24) is 10.4 Å². The van der Waals surface area contributed by atoms with Gasteiger partial charge in [0.2, 0.25) is 0 Å². The molecule has 1 amide bonds. The van der Waals surface area contributed by atoms with Gasteiger partial charge in [0.25, 0.3) is 5.91 Å². The zero-order valence-corrected chi connectivity index (χ0v) is 13.5. The van der Waals surface area contributed by atoms with Crippen molar-refractivity contribution in [2.24, 2.45) is 0 Å². The highest BCUT2D eigenvalue weighted by molar-refractivity contribution is 5.94. The fourth-order valence-electron chi connectivity index (χ4n) is 2.20. The highest BCUT2D eigenvalue weighted by Gasteiger charge is 2.16. The largest absolute Gasteiger partial charge is 0.394 e. The van der Waals surface area contributed by atoms with E-state index in [1.165, 1.54) is 5.01 Å². The molecule has 0 aliphatic rings. The predicted molar refractivity (Wildman–Crippen MR) is 97.2 cm³/mol. The Morgan fingerprint density at radius 2 is 1.75 bits per heavy atom. The first-order valence-electron chi connectivity index (χ1n) is 7.82. The number of hydrogen-bond donors (Lipinski definition) is 2. The monoisotopic (exact) mass is 322 g/mol. The van der Waals surface area contributed by atoms with E-state index >= 15 is 0 Å². The maximum Gasteiger partial charge on any atom is 0.268 e. The fraction of sp³-hybridized carbons (Fsp3) is 0.150. The summed E-state index contributed by atoms with van der Waals surface area (Å²) in [5.41, 5.74) is 4.66. The summed E-state index contributed by atoms with van der Waals surface area (Å²) in [5, 5.41) is 11.1. The van der Waals surface area contributed by atoms with Crippen molar-refractivity contribution in [3.63, 3.8) is 0 Å². The number of carbonyl (C=O) groups is 1. The van der Waals surface area contributed by atoms with Gasteiger partial charge in [0.05, 0.1) is 19.2 Å². The number of nitrogens with zero attached hydrogens (tertiary/aromatic N) is 1. The molecular weight excluding hydrogens is 300 g/mol. The van der Waals surface area contributed by atoms with Gasteiger partial charge in [0.15, 0.2) is 0 Å². The van der Waals surface area contributed by atoms with E-state index < -0.39 is 0 Å². The summed E-state index contributed by atoms with van der Waals surface area (Å²) in [4.78, 5) is 12.6. The number of rotatable bonds is 8. The second-order valence-electron chi connectivity index (χ2n) is 5.26. The summed E-state index contributed by atoms with van der Waals surface area (Å²) < 4.78 is 0. The number of carbonyl (C=O) groups excluding carboxylic acids is 1. The van der Waals surface area contributed by atoms with Gasteiger partial charge >= 0.3 is 0 Å². The Morgan fingerprint density at radius 3 is 2.33 bits per heavy atom. The van der Waals surface area contributed by atoms with Crippen molar-refractivity contribution >= 4 is 12.0 Å². The Balaban J connectivity index is 2.08. The molecule has 0 aliphatic carbocycles. The molecule has 0 fully saturated rings. The van der Waals surface area contributed by atoms with Crippen LogP contribution in [-0.2, 0) is 0 Å². The molecular formula is C20H22N2O2. The minimum Gasteiger partial charge on any atom is -0.394 e. The quantitative estimate of drug-likeness (QED) is 0.580. The number of aliphatic hydroxyl groups excluding tert-OH is 1. The van der Waals surface area contributed by atoms with Gasteiger partial charge < -0.3 is 5.11 Å². The molecule has 2 aromatic carbocycles. The molecule has 0 radical (unpaired) electrons. The van der Waals surface area contributed by atoms with Crippen molar-refractivity contribution < 1.29 is 9.90 Å². The molecule has 0 aliphatic heterocycles. The van der Waals surface area contributed by atoms with Crippen LogP contribution in [0.15, 0.2) is 79.4 Å². The molecule has 0 heterocycles. The summed E-state index contributed by atoms with van der Waals surface area (Å²) in [6.45, 7) is 3.90. The van der Waals surface area contributed by atoms with Crippen LogP contribution in [0.3, 0.4) is 0 Å². The van der Waals surface area contributed by atoms with Crippen LogP contribution in [0.5, 0.6) is 0 Å². The lowest BCUT2D eigenvalue weighted by atomic mass is 10.2. The lowest BCUT2D eigenvalue weighted by Crippen LogP contribution is -2.49. The van der Waals surface area contributed by atoms with Gasteiger partial charge in [-0.15, -0.1) is 6.58 Å². The number of benzene rings is 2. The molecule has 124 valence electrons. The molecule has 4 heteroatoms. The minimum absolute atomic E-state index is 0.126. The van der Waals surface area contributed by atoms with Crippen molar-refractivity contribution in [2.75, 3.05) is 13.2 Å². The van der Waals surface area contributed by atoms with E-state index in [1.54, 1.807) is 18.2 Å². The Morgan fingerprint density at radius 1 is 1.12 bits per heavy atom. The zero-order valence-electron chi connectivity index (χ0n) is 13.5. The van der Waals surface area contributed by atoms with Gasteiger partial charge in [-0.05, 0) is 17.7 Å². The molecule has 4 nitrogen and oxygen atoms in total. The maximum absolute atomic E-state index is 12.6. The Hall–Kier alpha value is -2.69. The average Bonchev–Trinajstić information content (AvgIpc) is 2.65. The average molecular weight is 322 g/mol. The van der Waals surface area contributed by atoms with Crippen LogP contribution in [0.2, 0.25) is 0 Å². The van der Waals surface area contributed by atoms with Crippen LogP contribution < -0.4 is 5.43 Å². The summed E-state index contributed by atoms with van der Waals surface area (Å²) in [6.07, 6.45) is 5.39. The zero-order chi connectivity index (χ0) is 17.2. The van der Waals surface area contributed by atoms with Crippen LogP contribution in [0.25, 0.3) is 6.08 Å². The molecule has 0 aromatic heterocycles.